The van der Waals surface area contributed by atoms with Crippen LogP contribution in [0, 0.1) is 6.92 Å². The Bertz CT molecular complexity index is 919. The topological polar surface area (TPSA) is 45.2 Å². The molecule has 150 valence electrons. The van der Waals surface area contributed by atoms with E-state index in [0.29, 0.717) is 24.6 Å². The lowest BCUT2D eigenvalue weighted by Gasteiger charge is -2.25. The molecule has 0 radical (unpaired) electrons. The molecule has 1 amide bonds. The van der Waals surface area contributed by atoms with Gasteiger partial charge in [0.2, 0.25) is 0 Å². The van der Waals surface area contributed by atoms with Crippen LogP contribution in [0.1, 0.15) is 16.8 Å². The minimum Gasteiger partial charge on any atom is -0.348 e. The normalized spacial score (nSPS) is 11.2. The zero-order valence-corrected chi connectivity index (χ0v) is 15.8. The number of rotatable bonds is 6. The Balaban J connectivity index is 1.86. The number of benzene rings is 2. The van der Waals surface area contributed by atoms with E-state index in [4.69, 9.17) is 0 Å². The molecule has 1 heterocycles. The van der Waals surface area contributed by atoms with E-state index in [2.05, 4.69) is 4.98 Å². The molecule has 4 nitrogen and oxygen atoms in total. The van der Waals surface area contributed by atoms with Crippen molar-refractivity contribution in [2.45, 2.75) is 26.2 Å². The summed E-state index contributed by atoms with van der Waals surface area (Å²) in [5.74, 6) is -1.40. The zero-order chi connectivity index (χ0) is 20.9. The number of carbonyl (C=O) groups excluding carboxylic acids is 1. The highest BCUT2D eigenvalue weighted by Gasteiger charge is 2.38. The smallest absolute Gasteiger partial charge is 0.348 e. The van der Waals surface area contributed by atoms with Crippen molar-refractivity contribution in [3.8, 4) is 0 Å². The van der Waals surface area contributed by atoms with Crippen molar-refractivity contribution < 1.29 is 18.0 Å². The second-order valence-electron chi connectivity index (χ2n) is 6.58. The largest absolute Gasteiger partial charge is 0.471 e. The van der Waals surface area contributed by atoms with Crippen molar-refractivity contribution in [1.82, 2.24) is 4.98 Å². The van der Waals surface area contributed by atoms with Crippen molar-refractivity contribution in [3.63, 3.8) is 0 Å². The van der Waals surface area contributed by atoms with E-state index in [-0.39, 0.29) is 5.69 Å². The summed E-state index contributed by atoms with van der Waals surface area (Å²) >= 11 is 0. The number of hydrogen-bond acceptors (Lipinski definition) is 3. The number of carbonyl (C=O) groups is 1. The van der Waals surface area contributed by atoms with Crippen LogP contribution in [-0.2, 0) is 17.9 Å². The third kappa shape index (κ3) is 5.57. The Labute approximate surface area is 167 Å². The molecule has 0 aliphatic rings. The van der Waals surface area contributed by atoms with Crippen LogP contribution in [-0.4, -0.2) is 17.1 Å². The predicted molar refractivity (Wildman–Crippen MR) is 106 cm³/mol. The first-order valence-electron chi connectivity index (χ1n) is 9.01. The Morgan fingerprint density at radius 3 is 1.86 bits per heavy atom. The van der Waals surface area contributed by atoms with Crippen LogP contribution in [0.4, 0.5) is 24.7 Å². The summed E-state index contributed by atoms with van der Waals surface area (Å²) in [4.78, 5) is 17.7. The summed E-state index contributed by atoms with van der Waals surface area (Å²) in [6, 6.07) is 22.7. The minimum absolute atomic E-state index is 0.0375. The Kier molecular flexibility index (Phi) is 6.16. The van der Waals surface area contributed by atoms with Gasteiger partial charge in [-0.2, -0.15) is 13.2 Å². The number of aromatic nitrogens is 1. The van der Waals surface area contributed by atoms with E-state index >= 15 is 0 Å². The Hall–Kier alpha value is -3.35. The summed E-state index contributed by atoms with van der Waals surface area (Å²) in [6.45, 7) is 2.73. The maximum absolute atomic E-state index is 12.5. The van der Waals surface area contributed by atoms with Gasteiger partial charge >= 0.3 is 12.1 Å². The Morgan fingerprint density at radius 1 is 0.897 bits per heavy atom. The molecule has 3 aromatic rings. The van der Waals surface area contributed by atoms with Crippen LogP contribution in [0.15, 0.2) is 72.8 Å². The van der Waals surface area contributed by atoms with E-state index < -0.39 is 12.1 Å². The average Bonchev–Trinajstić information content (AvgIpc) is 2.70. The number of alkyl halides is 3. The molecule has 0 saturated carbocycles. The Morgan fingerprint density at radius 2 is 1.41 bits per heavy atom. The number of aryl methyl sites for hydroxylation is 1. The molecular weight excluding hydrogens is 379 g/mol. The van der Waals surface area contributed by atoms with Crippen LogP contribution in [0.2, 0.25) is 0 Å². The van der Waals surface area contributed by atoms with Gasteiger partial charge in [0.25, 0.3) is 0 Å². The highest BCUT2D eigenvalue weighted by molar-refractivity contribution is 5.95. The fourth-order valence-corrected chi connectivity index (χ4v) is 2.87. The SMILES string of the molecule is Cc1nc(N(Cc2ccccc2)Cc2ccccc2)ccc1NC(=O)C(F)(F)F. The summed E-state index contributed by atoms with van der Waals surface area (Å²) in [6.07, 6.45) is -4.95. The standard InChI is InChI=1S/C22H20F3N3O/c1-16-19(27-21(29)22(23,24)25)12-13-20(26-16)28(14-17-8-4-2-5-9-17)15-18-10-6-3-7-11-18/h2-13H,14-15H2,1H3,(H,27,29). The third-order valence-corrected chi connectivity index (χ3v) is 4.33. The van der Waals surface area contributed by atoms with E-state index in [9.17, 15) is 18.0 Å². The first-order valence-corrected chi connectivity index (χ1v) is 9.01. The van der Waals surface area contributed by atoms with Gasteiger partial charge in [-0.15, -0.1) is 0 Å². The molecule has 3 rings (SSSR count). The van der Waals surface area contributed by atoms with E-state index in [0.717, 1.165) is 11.1 Å². The maximum Gasteiger partial charge on any atom is 0.471 e. The highest BCUT2D eigenvalue weighted by atomic mass is 19.4. The monoisotopic (exact) mass is 399 g/mol. The lowest BCUT2D eigenvalue weighted by Crippen LogP contribution is -2.30. The molecule has 1 N–H and O–H groups in total. The summed E-state index contributed by atoms with van der Waals surface area (Å²) in [7, 11) is 0. The number of amides is 1. The van der Waals surface area contributed by atoms with Gasteiger partial charge in [0.1, 0.15) is 5.82 Å². The number of halogens is 3. The molecule has 0 aliphatic heterocycles. The second-order valence-corrected chi connectivity index (χ2v) is 6.58. The summed E-state index contributed by atoms with van der Waals surface area (Å²) in [5.41, 5.74) is 2.51. The minimum atomic E-state index is -4.95. The number of pyridine rings is 1. The molecule has 0 fully saturated rings. The van der Waals surface area contributed by atoms with Crippen molar-refractivity contribution >= 4 is 17.4 Å². The van der Waals surface area contributed by atoms with Gasteiger partial charge in [-0.1, -0.05) is 60.7 Å². The summed E-state index contributed by atoms with van der Waals surface area (Å²) < 4.78 is 37.6. The molecule has 0 saturated heterocycles. The van der Waals surface area contributed by atoms with Crippen molar-refractivity contribution in [2.75, 3.05) is 10.2 Å². The molecule has 0 unspecified atom stereocenters. The van der Waals surface area contributed by atoms with Gasteiger partial charge in [-0.05, 0) is 30.2 Å². The van der Waals surface area contributed by atoms with Crippen molar-refractivity contribution in [1.29, 1.82) is 0 Å². The lowest BCUT2D eigenvalue weighted by molar-refractivity contribution is -0.167. The van der Waals surface area contributed by atoms with Crippen LogP contribution < -0.4 is 10.2 Å². The fourth-order valence-electron chi connectivity index (χ4n) is 2.87. The molecule has 0 atom stereocenters. The molecule has 2 aromatic carbocycles. The molecule has 0 aliphatic carbocycles. The van der Waals surface area contributed by atoms with Gasteiger partial charge in [-0.3, -0.25) is 4.79 Å². The predicted octanol–water partition coefficient (Wildman–Crippen LogP) is 5.10. The van der Waals surface area contributed by atoms with Crippen LogP contribution >= 0.6 is 0 Å². The number of hydrogen-bond donors (Lipinski definition) is 1. The zero-order valence-electron chi connectivity index (χ0n) is 15.8. The quantitative estimate of drug-likeness (QED) is 0.627. The summed E-state index contributed by atoms with van der Waals surface area (Å²) in [5, 5.41) is 1.87. The van der Waals surface area contributed by atoms with Gasteiger partial charge in [0.15, 0.2) is 0 Å². The van der Waals surface area contributed by atoms with Crippen LogP contribution in [0.3, 0.4) is 0 Å². The van der Waals surface area contributed by atoms with Gasteiger partial charge in [0.05, 0.1) is 11.4 Å². The van der Waals surface area contributed by atoms with E-state index in [1.54, 1.807) is 13.0 Å². The van der Waals surface area contributed by atoms with Gasteiger partial charge in [0, 0.05) is 13.1 Å². The lowest BCUT2D eigenvalue weighted by atomic mass is 10.1. The number of anilines is 2. The highest BCUT2D eigenvalue weighted by Crippen LogP contribution is 2.24. The second kappa shape index (κ2) is 8.77. The first-order chi connectivity index (χ1) is 13.8. The number of nitrogens with one attached hydrogen (secondary N) is 1. The number of nitrogens with zero attached hydrogens (tertiary/aromatic N) is 2. The molecular formula is C22H20F3N3O. The molecule has 1 aromatic heterocycles. The maximum atomic E-state index is 12.5. The van der Waals surface area contributed by atoms with E-state index in [1.165, 1.54) is 6.07 Å². The van der Waals surface area contributed by atoms with Crippen molar-refractivity contribution in [2.24, 2.45) is 0 Å². The first kappa shape index (κ1) is 20.4. The molecule has 29 heavy (non-hydrogen) atoms. The molecule has 0 bridgehead atoms. The van der Waals surface area contributed by atoms with Gasteiger partial charge in [-0.25, -0.2) is 4.98 Å². The molecule has 7 heteroatoms. The molecule has 0 spiro atoms. The average molecular weight is 399 g/mol. The third-order valence-electron chi connectivity index (χ3n) is 4.33. The van der Waals surface area contributed by atoms with Crippen molar-refractivity contribution in [3.05, 3.63) is 89.6 Å². The van der Waals surface area contributed by atoms with Crippen LogP contribution in [0.5, 0.6) is 0 Å². The fraction of sp³-hybridized carbons (Fsp3) is 0.182. The van der Waals surface area contributed by atoms with Crippen LogP contribution in [0.25, 0.3) is 0 Å². The van der Waals surface area contributed by atoms with E-state index in [1.807, 2.05) is 70.9 Å². The van der Waals surface area contributed by atoms with Gasteiger partial charge < -0.3 is 10.2 Å².